The lowest BCUT2D eigenvalue weighted by atomic mass is 9.92. The van der Waals surface area contributed by atoms with Gasteiger partial charge in [0.05, 0.1) is 6.61 Å². The second kappa shape index (κ2) is 6.22. The number of carboxylic acids is 1. The van der Waals surface area contributed by atoms with E-state index in [9.17, 15) is 9.59 Å². The van der Waals surface area contributed by atoms with Gasteiger partial charge in [-0.1, -0.05) is 12.1 Å². The van der Waals surface area contributed by atoms with Crippen molar-refractivity contribution in [1.82, 2.24) is 5.32 Å². The molecule has 5 nitrogen and oxygen atoms in total. The van der Waals surface area contributed by atoms with Crippen LogP contribution in [0.1, 0.15) is 26.3 Å². The van der Waals surface area contributed by atoms with Crippen LogP contribution in [-0.2, 0) is 16.1 Å². The molecule has 1 amide bonds. The third kappa shape index (κ3) is 3.98. The van der Waals surface area contributed by atoms with Crippen LogP contribution in [-0.4, -0.2) is 23.6 Å². The predicted molar refractivity (Wildman–Crippen MR) is 70.9 cm³/mol. The lowest BCUT2D eigenvalue weighted by Crippen LogP contribution is -2.41. The average molecular weight is 265 g/mol. The molecule has 0 saturated heterocycles. The van der Waals surface area contributed by atoms with Gasteiger partial charge < -0.3 is 15.2 Å². The number of nitrogens with one attached hydrogen (secondary N) is 1. The van der Waals surface area contributed by atoms with E-state index in [4.69, 9.17) is 9.84 Å². The Morgan fingerprint density at radius 1 is 1.26 bits per heavy atom. The molecule has 0 heterocycles. The Morgan fingerprint density at radius 2 is 1.84 bits per heavy atom. The molecule has 2 N–H and O–H groups in total. The van der Waals surface area contributed by atoms with Crippen LogP contribution >= 0.6 is 0 Å². The Labute approximate surface area is 112 Å². The van der Waals surface area contributed by atoms with E-state index in [2.05, 4.69) is 5.32 Å². The van der Waals surface area contributed by atoms with Gasteiger partial charge in [-0.2, -0.15) is 0 Å². The minimum Gasteiger partial charge on any atom is -0.494 e. The van der Waals surface area contributed by atoms with Crippen molar-refractivity contribution in [3.63, 3.8) is 0 Å². The van der Waals surface area contributed by atoms with Gasteiger partial charge in [-0.25, -0.2) is 0 Å². The second-order valence-corrected chi connectivity index (χ2v) is 4.69. The molecule has 1 aromatic carbocycles. The van der Waals surface area contributed by atoms with E-state index in [1.165, 1.54) is 13.8 Å². The van der Waals surface area contributed by atoms with Crippen molar-refractivity contribution in [3.8, 4) is 5.75 Å². The quantitative estimate of drug-likeness (QED) is 0.769. The fourth-order valence-electron chi connectivity index (χ4n) is 1.37. The van der Waals surface area contributed by atoms with Gasteiger partial charge in [-0.15, -0.1) is 0 Å². The Bertz CT molecular complexity index is 451. The van der Waals surface area contributed by atoms with Gasteiger partial charge in [0.25, 0.3) is 0 Å². The summed E-state index contributed by atoms with van der Waals surface area (Å²) in [6, 6.07) is 7.29. The first kappa shape index (κ1) is 15.0. The highest BCUT2D eigenvalue weighted by Gasteiger charge is 2.35. The topological polar surface area (TPSA) is 75.6 Å². The van der Waals surface area contributed by atoms with E-state index in [0.717, 1.165) is 11.3 Å². The first-order chi connectivity index (χ1) is 8.87. The number of carboxylic acid groups (broad SMARTS) is 1. The molecule has 0 aromatic heterocycles. The second-order valence-electron chi connectivity index (χ2n) is 4.69. The third-order valence-electron chi connectivity index (χ3n) is 2.79. The number of ether oxygens (including phenoxy) is 1. The summed E-state index contributed by atoms with van der Waals surface area (Å²) in [5.74, 6) is -0.881. The zero-order chi connectivity index (χ0) is 14.5. The molecule has 1 aromatic rings. The van der Waals surface area contributed by atoms with Gasteiger partial charge in [-0.3, -0.25) is 9.59 Å². The molecular formula is C14H19NO4. The number of amides is 1. The molecule has 0 spiro atoms. The Balaban J connectivity index is 2.57. The summed E-state index contributed by atoms with van der Waals surface area (Å²) >= 11 is 0. The number of hydrogen-bond donors (Lipinski definition) is 2. The molecule has 0 unspecified atom stereocenters. The average Bonchev–Trinajstić information content (AvgIpc) is 2.37. The maximum absolute atomic E-state index is 11.7. The van der Waals surface area contributed by atoms with Crippen molar-refractivity contribution in [1.29, 1.82) is 0 Å². The molecule has 0 aliphatic carbocycles. The predicted octanol–water partition coefficient (Wildman–Crippen LogP) is 1.81. The summed E-state index contributed by atoms with van der Waals surface area (Å²) in [5, 5.41) is 11.5. The largest absolute Gasteiger partial charge is 0.494 e. The van der Waals surface area contributed by atoms with Gasteiger partial charge >= 0.3 is 5.97 Å². The van der Waals surface area contributed by atoms with Gasteiger partial charge in [0.15, 0.2) is 0 Å². The van der Waals surface area contributed by atoms with E-state index in [0.29, 0.717) is 13.2 Å². The Kier molecular flexibility index (Phi) is 4.92. The van der Waals surface area contributed by atoms with Crippen LogP contribution in [0.5, 0.6) is 5.75 Å². The van der Waals surface area contributed by atoms with Crippen LogP contribution < -0.4 is 10.1 Å². The van der Waals surface area contributed by atoms with Gasteiger partial charge in [0, 0.05) is 6.54 Å². The van der Waals surface area contributed by atoms with Crippen molar-refractivity contribution < 1.29 is 19.4 Å². The van der Waals surface area contributed by atoms with Gasteiger partial charge in [0.2, 0.25) is 5.91 Å². The van der Waals surface area contributed by atoms with Crippen LogP contribution in [0, 0.1) is 5.41 Å². The molecule has 0 radical (unpaired) electrons. The maximum Gasteiger partial charge on any atom is 0.318 e. The molecule has 0 aliphatic heterocycles. The number of carbonyl (C=O) groups is 2. The standard InChI is InChI=1S/C14H19NO4/c1-4-19-11-7-5-10(6-8-11)9-15-12(16)14(2,3)13(17)18/h5-8H,4,9H2,1-3H3,(H,15,16)(H,17,18). The molecular weight excluding hydrogens is 246 g/mol. The molecule has 104 valence electrons. The number of benzene rings is 1. The first-order valence-electron chi connectivity index (χ1n) is 6.11. The van der Waals surface area contributed by atoms with Crippen LogP contribution in [0.4, 0.5) is 0 Å². The molecule has 0 fully saturated rings. The molecule has 1 rings (SSSR count). The third-order valence-corrected chi connectivity index (χ3v) is 2.79. The number of aliphatic carboxylic acids is 1. The van der Waals surface area contributed by atoms with Gasteiger partial charge in [-0.05, 0) is 38.5 Å². The summed E-state index contributed by atoms with van der Waals surface area (Å²) < 4.78 is 5.31. The summed E-state index contributed by atoms with van der Waals surface area (Å²) in [5.41, 5.74) is -0.538. The van der Waals surface area contributed by atoms with Crippen LogP contribution in [0.25, 0.3) is 0 Å². The lowest BCUT2D eigenvalue weighted by molar-refractivity contribution is -0.153. The fourth-order valence-corrected chi connectivity index (χ4v) is 1.37. The fraction of sp³-hybridized carbons (Fsp3) is 0.429. The molecule has 0 aliphatic rings. The van der Waals surface area contributed by atoms with Crippen molar-refractivity contribution in [2.75, 3.05) is 6.61 Å². The Hall–Kier alpha value is -2.04. The van der Waals surface area contributed by atoms with E-state index in [1.54, 1.807) is 0 Å². The molecule has 5 heteroatoms. The zero-order valence-corrected chi connectivity index (χ0v) is 11.4. The lowest BCUT2D eigenvalue weighted by Gasteiger charge is -2.18. The summed E-state index contributed by atoms with van der Waals surface area (Å²) in [6.45, 7) is 5.55. The minimum absolute atomic E-state index is 0.294. The number of carbonyl (C=O) groups excluding carboxylic acids is 1. The van der Waals surface area contributed by atoms with Crippen molar-refractivity contribution in [2.45, 2.75) is 27.3 Å². The summed E-state index contributed by atoms with van der Waals surface area (Å²) in [6.07, 6.45) is 0. The molecule has 0 saturated carbocycles. The first-order valence-corrected chi connectivity index (χ1v) is 6.11. The minimum atomic E-state index is -1.43. The molecule has 0 bridgehead atoms. The summed E-state index contributed by atoms with van der Waals surface area (Å²) in [4.78, 5) is 22.6. The highest BCUT2D eigenvalue weighted by atomic mass is 16.5. The van der Waals surface area contributed by atoms with E-state index >= 15 is 0 Å². The number of rotatable bonds is 6. The van der Waals surface area contributed by atoms with E-state index in [-0.39, 0.29) is 0 Å². The highest BCUT2D eigenvalue weighted by molar-refractivity contribution is 6.00. The smallest absolute Gasteiger partial charge is 0.318 e. The Morgan fingerprint density at radius 3 is 2.32 bits per heavy atom. The molecule has 0 atom stereocenters. The van der Waals surface area contributed by atoms with Crippen molar-refractivity contribution in [2.24, 2.45) is 5.41 Å². The van der Waals surface area contributed by atoms with Crippen molar-refractivity contribution >= 4 is 11.9 Å². The monoisotopic (exact) mass is 265 g/mol. The summed E-state index contributed by atoms with van der Waals surface area (Å²) in [7, 11) is 0. The van der Waals surface area contributed by atoms with Gasteiger partial charge in [0.1, 0.15) is 11.2 Å². The SMILES string of the molecule is CCOc1ccc(CNC(=O)C(C)(C)C(=O)O)cc1. The normalized spacial score (nSPS) is 10.9. The molecule has 19 heavy (non-hydrogen) atoms. The van der Waals surface area contributed by atoms with E-state index < -0.39 is 17.3 Å². The highest BCUT2D eigenvalue weighted by Crippen LogP contribution is 2.16. The van der Waals surface area contributed by atoms with Crippen LogP contribution in [0.15, 0.2) is 24.3 Å². The van der Waals surface area contributed by atoms with E-state index in [1.807, 2.05) is 31.2 Å². The maximum atomic E-state index is 11.7. The van der Waals surface area contributed by atoms with Crippen LogP contribution in [0.3, 0.4) is 0 Å². The van der Waals surface area contributed by atoms with Crippen LogP contribution in [0.2, 0.25) is 0 Å². The van der Waals surface area contributed by atoms with Crippen molar-refractivity contribution in [3.05, 3.63) is 29.8 Å². The number of hydrogen-bond acceptors (Lipinski definition) is 3. The zero-order valence-electron chi connectivity index (χ0n) is 11.4.